The van der Waals surface area contributed by atoms with Gasteiger partial charge in [-0.25, -0.2) is 5.10 Å². The summed E-state index contributed by atoms with van der Waals surface area (Å²) in [5, 5.41) is 10.6. The molecule has 0 fully saturated rings. The molecule has 0 saturated heterocycles. The van der Waals surface area contributed by atoms with E-state index in [1.54, 1.807) is 18.7 Å². The lowest BCUT2D eigenvalue weighted by Crippen LogP contribution is -2.11. The molecule has 2 aromatic heterocycles. The number of fused-ring (bicyclic) bond motifs is 1. The number of nitrogen functional groups attached to an aromatic ring is 1. The molecule has 2 rings (SSSR count). The van der Waals surface area contributed by atoms with Crippen LogP contribution in [0.25, 0.3) is 10.9 Å². The van der Waals surface area contributed by atoms with E-state index in [4.69, 9.17) is 5.73 Å². The van der Waals surface area contributed by atoms with Crippen LogP contribution in [0.1, 0.15) is 5.69 Å². The summed E-state index contributed by atoms with van der Waals surface area (Å²) in [5.74, 6) is 0.290. The Labute approximate surface area is 73.4 Å². The van der Waals surface area contributed by atoms with E-state index in [0.29, 0.717) is 16.6 Å². The van der Waals surface area contributed by atoms with E-state index in [0.717, 1.165) is 0 Å². The second-order valence-electron chi connectivity index (χ2n) is 2.87. The van der Waals surface area contributed by atoms with E-state index < -0.39 is 0 Å². The van der Waals surface area contributed by atoms with E-state index in [-0.39, 0.29) is 11.4 Å². The number of nitrogens with two attached hydrogens (primary N) is 1. The van der Waals surface area contributed by atoms with Gasteiger partial charge in [0.15, 0.2) is 5.82 Å². The Bertz CT molecular complexity index is 523. The predicted molar refractivity (Wildman–Crippen MR) is 48.3 cm³/mol. The van der Waals surface area contributed by atoms with Crippen molar-refractivity contribution in [3.8, 4) is 0 Å². The van der Waals surface area contributed by atoms with Crippen molar-refractivity contribution in [3.05, 3.63) is 16.0 Å². The molecule has 3 N–H and O–H groups in total. The minimum atomic E-state index is -0.255. The molecule has 13 heavy (non-hydrogen) atoms. The van der Waals surface area contributed by atoms with Crippen LogP contribution < -0.4 is 11.3 Å². The highest BCUT2D eigenvalue weighted by Crippen LogP contribution is 2.15. The number of H-pyrrole nitrogens is 1. The Hall–Kier alpha value is -1.85. The zero-order chi connectivity index (χ0) is 9.59. The number of aryl methyl sites for hydroxylation is 2. The first-order valence-electron chi connectivity index (χ1n) is 3.78. The van der Waals surface area contributed by atoms with Crippen LogP contribution >= 0.6 is 0 Å². The lowest BCUT2D eigenvalue weighted by Gasteiger charge is -1.95. The first kappa shape index (κ1) is 7.78. The normalized spacial score (nSPS) is 10.9. The molecule has 0 radical (unpaired) electrons. The fourth-order valence-electron chi connectivity index (χ4n) is 1.44. The van der Waals surface area contributed by atoms with Crippen molar-refractivity contribution in [2.24, 2.45) is 7.05 Å². The van der Waals surface area contributed by atoms with Crippen LogP contribution in [0.4, 0.5) is 5.82 Å². The van der Waals surface area contributed by atoms with Crippen LogP contribution in [0.3, 0.4) is 0 Å². The van der Waals surface area contributed by atoms with Crippen LogP contribution in [0.15, 0.2) is 4.79 Å². The average molecular weight is 179 g/mol. The number of nitrogens with zero attached hydrogens (tertiary/aromatic N) is 3. The molecule has 0 spiro atoms. The summed E-state index contributed by atoms with van der Waals surface area (Å²) in [6.45, 7) is 1.76. The number of rotatable bonds is 0. The van der Waals surface area contributed by atoms with E-state index in [1.165, 1.54) is 0 Å². The zero-order valence-corrected chi connectivity index (χ0v) is 7.33. The summed E-state index contributed by atoms with van der Waals surface area (Å²) in [6, 6.07) is 0. The van der Waals surface area contributed by atoms with Gasteiger partial charge in [0, 0.05) is 7.05 Å². The van der Waals surface area contributed by atoms with Crippen molar-refractivity contribution in [1.29, 1.82) is 0 Å². The quantitative estimate of drug-likeness (QED) is 0.573. The molecule has 0 unspecified atom stereocenters. The van der Waals surface area contributed by atoms with Crippen LogP contribution in [0.5, 0.6) is 0 Å². The van der Waals surface area contributed by atoms with Gasteiger partial charge < -0.3 is 5.73 Å². The third-order valence-corrected chi connectivity index (χ3v) is 1.97. The number of nitrogens with one attached hydrogen (secondary N) is 1. The van der Waals surface area contributed by atoms with Gasteiger partial charge >= 0.3 is 0 Å². The van der Waals surface area contributed by atoms with Gasteiger partial charge in [-0.3, -0.25) is 9.48 Å². The third-order valence-electron chi connectivity index (χ3n) is 1.97. The molecule has 0 aliphatic heterocycles. The Morgan fingerprint density at radius 3 is 2.85 bits per heavy atom. The Balaban J connectivity index is 3.12. The summed E-state index contributed by atoms with van der Waals surface area (Å²) >= 11 is 0. The van der Waals surface area contributed by atoms with E-state index in [2.05, 4.69) is 15.3 Å². The Kier molecular flexibility index (Phi) is 1.39. The summed E-state index contributed by atoms with van der Waals surface area (Å²) in [6.07, 6.45) is 0. The molecule has 2 aromatic rings. The van der Waals surface area contributed by atoms with Gasteiger partial charge in [-0.05, 0) is 6.92 Å². The molecule has 0 aliphatic rings. The molecule has 6 heteroatoms. The number of aromatic amines is 1. The topological polar surface area (TPSA) is 89.6 Å². The average Bonchev–Trinajstić information content (AvgIpc) is 2.36. The highest BCUT2D eigenvalue weighted by Gasteiger charge is 2.11. The van der Waals surface area contributed by atoms with Crippen molar-refractivity contribution in [3.63, 3.8) is 0 Å². The lowest BCUT2D eigenvalue weighted by molar-refractivity contribution is 0.782. The minimum absolute atomic E-state index is 0.255. The zero-order valence-electron chi connectivity index (χ0n) is 7.33. The molecular formula is C7H9N5O. The van der Waals surface area contributed by atoms with Crippen molar-refractivity contribution >= 4 is 16.7 Å². The number of hydrogen-bond donors (Lipinski definition) is 2. The first-order chi connectivity index (χ1) is 6.11. The predicted octanol–water partition coefficient (Wildman–Crippen LogP) is -0.453. The van der Waals surface area contributed by atoms with Gasteiger partial charge in [-0.15, -0.1) is 0 Å². The van der Waals surface area contributed by atoms with Gasteiger partial charge in [-0.1, -0.05) is 0 Å². The highest BCUT2D eigenvalue weighted by atomic mass is 16.1. The standard InChI is InChI=1S/C7H9N5O/c1-3-4-5(12(2)11-3)6(8)9-10-7(4)13/h1-2H3,(H2,8,9)(H,10,13). The van der Waals surface area contributed by atoms with Crippen LogP contribution in [0, 0.1) is 6.92 Å². The van der Waals surface area contributed by atoms with Gasteiger partial charge in [0.1, 0.15) is 5.52 Å². The molecule has 6 nitrogen and oxygen atoms in total. The van der Waals surface area contributed by atoms with Crippen LogP contribution in [-0.2, 0) is 7.05 Å². The SMILES string of the molecule is Cc1nn(C)c2c(N)n[nH]c(=O)c12. The number of hydrogen-bond acceptors (Lipinski definition) is 4. The maximum atomic E-state index is 11.3. The molecular weight excluding hydrogens is 170 g/mol. The monoisotopic (exact) mass is 179 g/mol. The molecule has 0 amide bonds. The molecule has 0 atom stereocenters. The summed E-state index contributed by atoms with van der Waals surface area (Å²) in [5.41, 5.74) is 6.59. The first-order valence-corrected chi connectivity index (χ1v) is 3.78. The van der Waals surface area contributed by atoms with E-state index in [1.807, 2.05) is 0 Å². The summed E-state index contributed by atoms with van der Waals surface area (Å²) in [4.78, 5) is 11.3. The van der Waals surface area contributed by atoms with Crippen molar-refractivity contribution in [2.45, 2.75) is 6.92 Å². The largest absolute Gasteiger partial charge is 0.380 e. The fourth-order valence-corrected chi connectivity index (χ4v) is 1.44. The minimum Gasteiger partial charge on any atom is -0.380 e. The number of anilines is 1. The van der Waals surface area contributed by atoms with Crippen molar-refractivity contribution in [2.75, 3.05) is 5.73 Å². The van der Waals surface area contributed by atoms with E-state index >= 15 is 0 Å². The number of aromatic nitrogens is 4. The van der Waals surface area contributed by atoms with Gasteiger partial charge in [0.25, 0.3) is 5.56 Å². The third kappa shape index (κ3) is 0.915. The Morgan fingerprint density at radius 2 is 2.23 bits per heavy atom. The maximum Gasteiger partial charge on any atom is 0.275 e. The summed E-state index contributed by atoms with van der Waals surface area (Å²) in [7, 11) is 1.73. The van der Waals surface area contributed by atoms with Crippen molar-refractivity contribution in [1.82, 2.24) is 20.0 Å². The molecule has 0 aromatic carbocycles. The highest BCUT2D eigenvalue weighted by molar-refractivity contribution is 5.88. The molecule has 0 aliphatic carbocycles. The van der Waals surface area contributed by atoms with Crippen LogP contribution in [0.2, 0.25) is 0 Å². The van der Waals surface area contributed by atoms with E-state index in [9.17, 15) is 4.79 Å². The smallest absolute Gasteiger partial charge is 0.275 e. The molecule has 0 saturated carbocycles. The maximum absolute atomic E-state index is 11.3. The molecule has 68 valence electrons. The van der Waals surface area contributed by atoms with Gasteiger partial charge in [0.2, 0.25) is 0 Å². The fraction of sp³-hybridized carbons (Fsp3) is 0.286. The van der Waals surface area contributed by atoms with Crippen molar-refractivity contribution < 1.29 is 0 Å². The molecule has 0 bridgehead atoms. The van der Waals surface area contributed by atoms with Gasteiger partial charge in [0.05, 0.1) is 11.1 Å². The van der Waals surface area contributed by atoms with Crippen LogP contribution in [-0.4, -0.2) is 20.0 Å². The summed E-state index contributed by atoms with van der Waals surface area (Å²) < 4.78 is 1.56. The lowest BCUT2D eigenvalue weighted by atomic mass is 10.3. The van der Waals surface area contributed by atoms with Gasteiger partial charge in [-0.2, -0.15) is 10.2 Å². The second-order valence-corrected chi connectivity index (χ2v) is 2.87. The molecule has 2 heterocycles. The Morgan fingerprint density at radius 1 is 1.54 bits per heavy atom. The second kappa shape index (κ2) is 2.32.